The van der Waals surface area contributed by atoms with Gasteiger partial charge in [0.2, 0.25) is 0 Å². The van der Waals surface area contributed by atoms with Crippen molar-refractivity contribution in [2.75, 3.05) is 0 Å². The first-order chi connectivity index (χ1) is 50.6. The first kappa shape index (κ1) is 68.7. The molecule has 0 saturated carbocycles. The molecule has 0 atom stereocenters. The standard InChI is InChI=1S/C56H34N4.C40H26N2.2Ir/c1-3-14-40(15-4-1)54-30-28-43(37-59-54)49-19-8-11-22-52(49)46-34-45(51-21-10-7-18-48(51)39-24-26-42(27-25-39)56-57-32-13-33-58-56)35-47(36-46)53-23-12-9-20-50(53)44-29-31-55(60-38-44)41-16-5-2-6-17-41;1-3-12-29(13-4-1)39-24-22-33(27-41-39)37-20-9-7-18-35(37)31-16-11-17-32(26-31)36-19-8-10-21-38(36)34-23-25-40(42-28-34)30-14-5-2-6-15-30;;/h1-14,16,18-25,28-38H;1-12,14,16-28H;;/q-4;-2;2*+3. The molecule has 6 nitrogen and oxygen atoms in total. The Morgan fingerprint density at radius 3 is 0.721 bits per heavy atom. The number of pyridine rings is 4. The average Bonchev–Trinajstić information content (AvgIpc) is 0.786. The molecule has 0 amide bonds. The summed E-state index contributed by atoms with van der Waals surface area (Å²) in [6, 6.07) is 133. The Bertz CT molecular complexity index is 5200. The van der Waals surface area contributed by atoms with Crippen LogP contribution in [0.1, 0.15) is 0 Å². The molecule has 0 N–H and O–H groups in total. The second-order valence-corrected chi connectivity index (χ2v) is 24.4. The van der Waals surface area contributed by atoms with Crippen LogP contribution in [0.2, 0.25) is 0 Å². The number of hydrogen-bond donors (Lipinski definition) is 0. The Morgan fingerprint density at radius 2 is 0.452 bits per heavy atom. The molecule has 492 valence electrons. The quantitative estimate of drug-likeness (QED) is 0.0952. The van der Waals surface area contributed by atoms with Gasteiger partial charge < -0.3 is 29.9 Å². The summed E-state index contributed by atoms with van der Waals surface area (Å²) in [6.07, 6.45) is 11.3. The van der Waals surface area contributed by atoms with Gasteiger partial charge >= 0.3 is 40.2 Å². The third-order valence-electron chi connectivity index (χ3n) is 18.1. The summed E-state index contributed by atoms with van der Waals surface area (Å²) in [4.78, 5) is 28.1. The molecular formula is C96H60Ir2N6. The molecule has 104 heavy (non-hydrogen) atoms. The van der Waals surface area contributed by atoms with E-state index in [1.807, 2.05) is 140 Å². The first-order valence-electron chi connectivity index (χ1n) is 33.8. The number of benzene rings is 12. The van der Waals surface area contributed by atoms with Crippen molar-refractivity contribution in [3.05, 3.63) is 401 Å². The van der Waals surface area contributed by atoms with Gasteiger partial charge in [-0.1, -0.05) is 194 Å². The van der Waals surface area contributed by atoms with Crippen LogP contribution >= 0.6 is 0 Å². The third kappa shape index (κ3) is 15.3. The molecule has 5 aromatic heterocycles. The largest absolute Gasteiger partial charge is 3.00 e. The van der Waals surface area contributed by atoms with Gasteiger partial charge in [0.25, 0.3) is 0 Å². The van der Waals surface area contributed by atoms with E-state index < -0.39 is 0 Å². The summed E-state index contributed by atoms with van der Waals surface area (Å²) in [6.45, 7) is 0. The zero-order chi connectivity index (χ0) is 68.2. The van der Waals surface area contributed by atoms with Crippen molar-refractivity contribution in [3.63, 3.8) is 0 Å². The fourth-order valence-electron chi connectivity index (χ4n) is 13.0. The number of rotatable bonds is 15. The SMILES string of the molecule is [Ir+3].[Ir+3].[c-]1cc(-c2ccccc2-c2cc(-c3ccccc3-c3ccc(-c4[c-]cccc4)nc3)cc(-c3ccccc3-c3ccc(-c4[c-]cccc4)nc3)c2)c[c-]c1-c1ncccn1.[c-]1ccccc1-c1ccc(-c2ccccc2-c2cccc(-c3ccccc3-c3ccc(-c4[c-]cccc4)nc3)c2)cn1. The summed E-state index contributed by atoms with van der Waals surface area (Å²) >= 11 is 0. The molecule has 8 heteroatoms. The van der Waals surface area contributed by atoms with Crippen LogP contribution in [-0.2, 0) is 40.2 Å². The summed E-state index contributed by atoms with van der Waals surface area (Å²) in [5, 5.41) is 0. The maximum absolute atomic E-state index is 4.88. The van der Waals surface area contributed by atoms with E-state index >= 15 is 0 Å². The number of nitrogens with zero attached hydrogens (tertiary/aromatic N) is 6. The normalized spacial score (nSPS) is 10.7. The van der Waals surface area contributed by atoms with E-state index in [1.54, 1.807) is 12.4 Å². The molecule has 0 unspecified atom stereocenters. The molecule has 12 aromatic carbocycles. The monoisotopic (exact) mass is 1680 g/mol. The maximum Gasteiger partial charge on any atom is 3.00 e. The fraction of sp³-hybridized carbons (Fsp3) is 0. The summed E-state index contributed by atoms with van der Waals surface area (Å²) in [5.74, 6) is 0.596. The van der Waals surface area contributed by atoms with Crippen LogP contribution in [0.4, 0.5) is 0 Å². The molecule has 0 aliphatic carbocycles. The second-order valence-electron chi connectivity index (χ2n) is 24.4. The van der Waals surface area contributed by atoms with Crippen LogP contribution in [-0.4, -0.2) is 29.9 Å². The maximum atomic E-state index is 4.88. The predicted octanol–water partition coefficient (Wildman–Crippen LogP) is 23.5. The summed E-state index contributed by atoms with van der Waals surface area (Å²) in [7, 11) is 0. The molecule has 17 rings (SSSR count). The zero-order valence-electron chi connectivity index (χ0n) is 56.0. The van der Waals surface area contributed by atoms with Gasteiger partial charge in [-0.05, 0) is 159 Å². The molecule has 0 spiro atoms. The third-order valence-corrected chi connectivity index (χ3v) is 18.1. The van der Waals surface area contributed by atoms with Crippen molar-refractivity contribution in [2.24, 2.45) is 0 Å². The second kappa shape index (κ2) is 32.5. The van der Waals surface area contributed by atoms with Crippen molar-refractivity contribution < 1.29 is 40.2 Å². The minimum atomic E-state index is 0. The van der Waals surface area contributed by atoms with E-state index in [9.17, 15) is 0 Å². The van der Waals surface area contributed by atoms with Crippen LogP contribution in [0.3, 0.4) is 0 Å². The Kier molecular flexibility index (Phi) is 21.5. The van der Waals surface area contributed by atoms with E-state index in [1.165, 1.54) is 11.1 Å². The zero-order valence-corrected chi connectivity index (χ0v) is 60.8. The van der Waals surface area contributed by atoms with Crippen molar-refractivity contribution in [1.82, 2.24) is 29.9 Å². The Morgan fingerprint density at radius 1 is 0.192 bits per heavy atom. The van der Waals surface area contributed by atoms with E-state index in [4.69, 9.17) is 19.9 Å². The fourth-order valence-corrected chi connectivity index (χ4v) is 13.0. The van der Waals surface area contributed by atoms with E-state index in [2.05, 4.69) is 259 Å². The van der Waals surface area contributed by atoms with Gasteiger partial charge in [-0.3, -0.25) is 12.1 Å². The van der Waals surface area contributed by atoms with Gasteiger partial charge in [-0.25, -0.2) is 17.7 Å². The summed E-state index contributed by atoms with van der Waals surface area (Å²) in [5.41, 5.74) is 30.3. The van der Waals surface area contributed by atoms with E-state index in [0.29, 0.717) is 5.82 Å². The van der Waals surface area contributed by atoms with E-state index in [-0.39, 0.29) is 40.2 Å². The Balaban J connectivity index is 0.000000183. The van der Waals surface area contributed by atoms with Crippen molar-refractivity contribution in [3.8, 4) is 168 Å². The first-order valence-corrected chi connectivity index (χ1v) is 33.8. The van der Waals surface area contributed by atoms with E-state index in [0.717, 1.165) is 151 Å². The van der Waals surface area contributed by atoms with Crippen LogP contribution in [0.25, 0.3) is 168 Å². The Labute approximate surface area is 634 Å². The molecule has 0 aliphatic heterocycles. The summed E-state index contributed by atoms with van der Waals surface area (Å²) < 4.78 is 0. The van der Waals surface area contributed by atoms with Crippen molar-refractivity contribution >= 4 is 0 Å². The molecule has 0 aliphatic rings. The van der Waals surface area contributed by atoms with Gasteiger partial charge in [-0.2, -0.15) is 5.56 Å². The van der Waals surface area contributed by atoms with Gasteiger partial charge in [0, 0.05) is 37.2 Å². The van der Waals surface area contributed by atoms with Crippen LogP contribution in [0.15, 0.2) is 365 Å². The molecule has 0 bridgehead atoms. The minimum Gasteiger partial charge on any atom is -0.333 e. The van der Waals surface area contributed by atoms with Crippen LogP contribution in [0.5, 0.6) is 0 Å². The molecule has 0 fully saturated rings. The van der Waals surface area contributed by atoms with Crippen molar-refractivity contribution in [1.29, 1.82) is 0 Å². The predicted molar refractivity (Wildman–Crippen MR) is 414 cm³/mol. The van der Waals surface area contributed by atoms with Crippen LogP contribution in [0, 0.1) is 36.4 Å². The van der Waals surface area contributed by atoms with Crippen molar-refractivity contribution in [2.45, 2.75) is 0 Å². The van der Waals surface area contributed by atoms with Gasteiger partial charge in [0.05, 0.1) is 0 Å². The molecule has 0 saturated heterocycles. The van der Waals surface area contributed by atoms with Gasteiger partial charge in [0.1, 0.15) is 0 Å². The average molecular weight is 1680 g/mol. The molecule has 5 heterocycles. The van der Waals surface area contributed by atoms with Gasteiger partial charge in [-0.15, -0.1) is 144 Å². The smallest absolute Gasteiger partial charge is 0.333 e. The Hall–Kier alpha value is -12.4. The molecule has 0 radical (unpaired) electrons. The van der Waals surface area contributed by atoms with Crippen LogP contribution < -0.4 is 0 Å². The number of aromatic nitrogens is 6. The topological polar surface area (TPSA) is 77.3 Å². The molecular weight excluding hydrogens is 1620 g/mol. The molecule has 17 aromatic rings. The number of hydrogen-bond acceptors (Lipinski definition) is 6. The van der Waals surface area contributed by atoms with Gasteiger partial charge in [0.15, 0.2) is 0 Å². The minimum absolute atomic E-state index is 0.